The Morgan fingerprint density at radius 3 is 2.67 bits per heavy atom. The van der Waals surface area contributed by atoms with Crippen LogP contribution in [0.1, 0.15) is 39.5 Å². The molecule has 3 heteroatoms. The first-order chi connectivity index (χ1) is 7.22. The van der Waals surface area contributed by atoms with Gasteiger partial charge in [0.25, 0.3) is 0 Å². The molecule has 0 aromatic heterocycles. The van der Waals surface area contributed by atoms with Crippen LogP contribution in [0, 0.1) is 17.8 Å². The SMILES string of the molecule is CCC(C)C1CC(NC=O)CCC1C=O. The third-order valence-corrected chi connectivity index (χ3v) is 3.81. The molecule has 0 bridgehead atoms. The van der Waals surface area contributed by atoms with Crippen molar-refractivity contribution in [3.63, 3.8) is 0 Å². The van der Waals surface area contributed by atoms with Crippen LogP contribution in [-0.2, 0) is 9.59 Å². The van der Waals surface area contributed by atoms with Gasteiger partial charge in [0.15, 0.2) is 0 Å². The van der Waals surface area contributed by atoms with E-state index in [2.05, 4.69) is 19.2 Å². The fourth-order valence-corrected chi connectivity index (χ4v) is 2.60. The average molecular weight is 211 g/mol. The first-order valence-electron chi connectivity index (χ1n) is 5.87. The highest BCUT2D eigenvalue weighted by molar-refractivity contribution is 5.54. The fraction of sp³-hybridized carbons (Fsp3) is 0.833. The summed E-state index contributed by atoms with van der Waals surface area (Å²) in [5.41, 5.74) is 0. The van der Waals surface area contributed by atoms with Crippen LogP contribution in [0.5, 0.6) is 0 Å². The van der Waals surface area contributed by atoms with Crippen LogP contribution in [0.25, 0.3) is 0 Å². The third-order valence-electron chi connectivity index (χ3n) is 3.81. The highest BCUT2D eigenvalue weighted by atomic mass is 16.1. The molecule has 4 unspecified atom stereocenters. The molecule has 0 aromatic carbocycles. The Balaban J connectivity index is 2.60. The Labute approximate surface area is 91.6 Å². The van der Waals surface area contributed by atoms with Crippen molar-refractivity contribution < 1.29 is 9.59 Å². The van der Waals surface area contributed by atoms with Crippen molar-refractivity contribution in [2.24, 2.45) is 17.8 Å². The Morgan fingerprint density at radius 1 is 1.40 bits per heavy atom. The van der Waals surface area contributed by atoms with Crippen LogP contribution < -0.4 is 5.32 Å². The van der Waals surface area contributed by atoms with E-state index in [0.717, 1.165) is 38.4 Å². The third kappa shape index (κ3) is 3.05. The molecule has 1 rings (SSSR count). The van der Waals surface area contributed by atoms with Crippen molar-refractivity contribution in [1.82, 2.24) is 5.32 Å². The van der Waals surface area contributed by atoms with Crippen LogP contribution in [0.3, 0.4) is 0 Å². The lowest BCUT2D eigenvalue weighted by Gasteiger charge is -2.36. The lowest BCUT2D eigenvalue weighted by atomic mass is 9.71. The molecular formula is C12H21NO2. The van der Waals surface area contributed by atoms with Crippen molar-refractivity contribution in [3.05, 3.63) is 0 Å². The molecule has 4 atom stereocenters. The molecular weight excluding hydrogens is 190 g/mol. The molecule has 0 aliphatic heterocycles. The van der Waals surface area contributed by atoms with Gasteiger partial charge >= 0.3 is 0 Å². The minimum atomic E-state index is 0.199. The number of aldehydes is 1. The number of carbonyl (C=O) groups is 2. The van der Waals surface area contributed by atoms with Gasteiger partial charge in [0, 0.05) is 12.0 Å². The van der Waals surface area contributed by atoms with E-state index in [1.54, 1.807) is 0 Å². The van der Waals surface area contributed by atoms with E-state index >= 15 is 0 Å². The topological polar surface area (TPSA) is 46.2 Å². The average Bonchev–Trinajstić information content (AvgIpc) is 2.28. The highest BCUT2D eigenvalue weighted by Gasteiger charge is 2.32. The quantitative estimate of drug-likeness (QED) is 0.704. The number of amides is 1. The van der Waals surface area contributed by atoms with E-state index in [1.165, 1.54) is 0 Å². The van der Waals surface area contributed by atoms with E-state index in [1.807, 2.05) is 0 Å². The van der Waals surface area contributed by atoms with Crippen LogP contribution in [0.2, 0.25) is 0 Å². The van der Waals surface area contributed by atoms with Gasteiger partial charge in [0.05, 0.1) is 0 Å². The summed E-state index contributed by atoms with van der Waals surface area (Å²) < 4.78 is 0. The zero-order valence-electron chi connectivity index (χ0n) is 9.61. The van der Waals surface area contributed by atoms with Gasteiger partial charge in [-0.05, 0) is 31.1 Å². The zero-order chi connectivity index (χ0) is 11.3. The summed E-state index contributed by atoms with van der Waals surface area (Å²) in [5, 5.41) is 2.84. The summed E-state index contributed by atoms with van der Waals surface area (Å²) in [5.74, 6) is 1.21. The molecule has 1 amide bonds. The van der Waals surface area contributed by atoms with Gasteiger partial charge in [-0.25, -0.2) is 0 Å². The summed E-state index contributed by atoms with van der Waals surface area (Å²) in [7, 11) is 0. The standard InChI is InChI=1S/C12H21NO2/c1-3-9(2)12-6-11(13-8-15)5-4-10(12)7-14/h7-12H,3-6H2,1-2H3,(H,13,15). The van der Waals surface area contributed by atoms with Gasteiger partial charge in [-0.1, -0.05) is 20.3 Å². The van der Waals surface area contributed by atoms with Gasteiger partial charge in [-0.3, -0.25) is 4.79 Å². The molecule has 86 valence electrons. The maximum Gasteiger partial charge on any atom is 0.207 e. The number of hydrogen-bond donors (Lipinski definition) is 1. The largest absolute Gasteiger partial charge is 0.356 e. The van der Waals surface area contributed by atoms with E-state index in [0.29, 0.717) is 11.8 Å². The van der Waals surface area contributed by atoms with Gasteiger partial charge in [-0.2, -0.15) is 0 Å². The Morgan fingerprint density at radius 2 is 2.13 bits per heavy atom. The van der Waals surface area contributed by atoms with Crippen molar-refractivity contribution in [3.8, 4) is 0 Å². The highest BCUT2D eigenvalue weighted by Crippen LogP contribution is 2.35. The molecule has 0 heterocycles. The van der Waals surface area contributed by atoms with Crippen LogP contribution in [-0.4, -0.2) is 18.7 Å². The minimum absolute atomic E-state index is 0.199. The number of carbonyl (C=O) groups excluding carboxylic acids is 2. The van der Waals surface area contributed by atoms with Gasteiger partial charge < -0.3 is 10.1 Å². The first kappa shape index (κ1) is 12.2. The summed E-state index contributed by atoms with van der Waals surface area (Å²) in [4.78, 5) is 21.4. The molecule has 1 aliphatic carbocycles. The van der Waals surface area contributed by atoms with E-state index in [9.17, 15) is 9.59 Å². The molecule has 3 nitrogen and oxygen atoms in total. The van der Waals surface area contributed by atoms with E-state index < -0.39 is 0 Å². The molecule has 1 aliphatic rings. The smallest absolute Gasteiger partial charge is 0.207 e. The van der Waals surface area contributed by atoms with E-state index in [4.69, 9.17) is 0 Å². The molecule has 0 aromatic rings. The Hall–Kier alpha value is -0.860. The maximum absolute atomic E-state index is 11.0. The number of rotatable bonds is 5. The molecule has 1 N–H and O–H groups in total. The minimum Gasteiger partial charge on any atom is -0.356 e. The predicted octanol–water partition coefficient (Wildman–Crippen LogP) is 1.76. The van der Waals surface area contributed by atoms with Crippen molar-refractivity contribution in [2.45, 2.75) is 45.6 Å². The second-order valence-electron chi connectivity index (χ2n) is 4.64. The Bertz CT molecular complexity index is 218. The second-order valence-corrected chi connectivity index (χ2v) is 4.64. The van der Waals surface area contributed by atoms with Gasteiger partial charge in [-0.15, -0.1) is 0 Å². The summed E-state index contributed by atoms with van der Waals surface area (Å²) in [6.07, 6.45) is 5.80. The molecule has 0 spiro atoms. The predicted molar refractivity (Wildman–Crippen MR) is 59.3 cm³/mol. The van der Waals surface area contributed by atoms with Crippen LogP contribution in [0.4, 0.5) is 0 Å². The van der Waals surface area contributed by atoms with Crippen LogP contribution >= 0.6 is 0 Å². The molecule has 1 saturated carbocycles. The molecule has 15 heavy (non-hydrogen) atoms. The van der Waals surface area contributed by atoms with Crippen molar-refractivity contribution in [2.75, 3.05) is 0 Å². The van der Waals surface area contributed by atoms with E-state index in [-0.39, 0.29) is 12.0 Å². The number of nitrogens with one attached hydrogen (secondary N) is 1. The monoisotopic (exact) mass is 211 g/mol. The molecule has 0 radical (unpaired) electrons. The van der Waals surface area contributed by atoms with Gasteiger partial charge in [0.1, 0.15) is 6.29 Å². The normalized spacial score (nSPS) is 33.1. The summed E-state index contributed by atoms with van der Waals surface area (Å²) in [6.45, 7) is 4.35. The lowest BCUT2D eigenvalue weighted by Crippen LogP contribution is -2.39. The Kier molecular flexibility index (Phi) is 4.79. The maximum atomic E-state index is 11.0. The van der Waals surface area contributed by atoms with Crippen LogP contribution in [0.15, 0.2) is 0 Å². The van der Waals surface area contributed by atoms with Crippen molar-refractivity contribution in [1.29, 1.82) is 0 Å². The molecule has 1 fully saturated rings. The fourth-order valence-electron chi connectivity index (χ4n) is 2.60. The summed E-state index contributed by atoms with van der Waals surface area (Å²) in [6, 6.07) is 0.276. The van der Waals surface area contributed by atoms with Crippen molar-refractivity contribution >= 4 is 12.7 Å². The van der Waals surface area contributed by atoms with Gasteiger partial charge in [0.2, 0.25) is 6.41 Å². The lowest BCUT2D eigenvalue weighted by molar-refractivity contribution is -0.114. The molecule has 0 saturated heterocycles. The zero-order valence-corrected chi connectivity index (χ0v) is 9.61. The second kappa shape index (κ2) is 5.89. The summed E-state index contributed by atoms with van der Waals surface area (Å²) >= 11 is 0. The number of hydrogen-bond acceptors (Lipinski definition) is 2. The first-order valence-corrected chi connectivity index (χ1v) is 5.87.